The minimum atomic E-state index is 0.0281. The summed E-state index contributed by atoms with van der Waals surface area (Å²) in [5, 5.41) is 0. The van der Waals surface area contributed by atoms with E-state index in [1.807, 2.05) is 11.8 Å². The third-order valence-electron chi connectivity index (χ3n) is 2.80. The third-order valence-corrected chi connectivity index (χ3v) is 2.80. The van der Waals surface area contributed by atoms with Crippen molar-refractivity contribution in [2.75, 3.05) is 12.0 Å². The van der Waals surface area contributed by atoms with Gasteiger partial charge in [0, 0.05) is 18.8 Å². The Morgan fingerprint density at radius 1 is 1.69 bits per heavy atom. The molecule has 5 nitrogen and oxygen atoms in total. The molecule has 1 heterocycles. The molecule has 0 bridgehead atoms. The van der Waals surface area contributed by atoms with Gasteiger partial charge in [-0.15, -0.1) is 0 Å². The number of rotatable bonds is 4. The molecule has 0 aromatic carbocycles. The first kappa shape index (κ1) is 10.9. The highest BCUT2D eigenvalue weighted by atomic mass is 16.2. The van der Waals surface area contributed by atoms with Crippen molar-refractivity contribution in [3.05, 3.63) is 24.0 Å². The van der Waals surface area contributed by atoms with Gasteiger partial charge in [0.15, 0.2) is 0 Å². The Labute approximate surface area is 94.6 Å². The molecule has 0 spiro atoms. The van der Waals surface area contributed by atoms with Gasteiger partial charge in [-0.25, -0.2) is 0 Å². The third kappa shape index (κ3) is 1.99. The van der Waals surface area contributed by atoms with Crippen LogP contribution in [-0.2, 0) is 0 Å². The summed E-state index contributed by atoms with van der Waals surface area (Å²) in [6.45, 7) is 2.72. The number of hydrazine groups is 1. The normalized spacial score (nSPS) is 14.6. The number of hydrogen-bond donors (Lipinski definition) is 2. The topological polar surface area (TPSA) is 71.2 Å². The van der Waals surface area contributed by atoms with Crippen LogP contribution in [0.1, 0.15) is 30.1 Å². The Hall–Kier alpha value is -1.62. The predicted molar refractivity (Wildman–Crippen MR) is 61.8 cm³/mol. The Morgan fingerprint density at radius 2 is 2.44 bits per heavy atom. The van der Waals surface area contributed by atoms with Crippen molar-refractivity contribution in [1.82, 2.24) is 9.88 Å². The number of nitrogens with zero attached hydrogens (tertiary/aromatic N) is 2. The van der Waals surface area contributed by atoms with Gasteiger partial charge in [0.2, 0.25) is 0 Å². The quantitative estimate of drug-likeness (QED) is 0.586. The molecule has 3 N–H and O–H groups in total. The van der Waals surface area contributed by atoms with E-state index in [4.69, 9.17) is 5.84 Å². The number of pyridine rings is 1. The second-order valence-corrected chi connectivity index (χ2v) is 3.89. The van der Waals surface area contributed by atoms with Crippen molar-refractivity contribution in [1.29, 1.82) is 0 Å². The van der Waals surface area contributed by atoms with Crippen LogP contribution in [0.2, 0.25) is 0 Å². The van der Waals surface area contributed by atoms with Gasteiger partial charge in [-0.3, -0.25) is 15.6 Å². The maximum atomic E-state index is 12.2. The molecule has 0 saturated heterocycles. The molecule has 1 aliphatic rings. The number of nitrogens with one attached hydrogen (secondary N) is 1. The summed E-state index contributed by atoms with van der Waals surface area (Å²) >= 11 is 0. The van der Waals surface area contributed by atoms with Gasteiger partial charge in [0.1, 0.15) is 0 Å². The lowest BCUT2D eigenvalue weighted by atomic mass is 10.2. The summed E-state index contributed by atoms with van der Waals surface area (Å²) in [5.41, 5.74) is 3.67. The summed E-state index contributed by atoms with van der Waals surface area (Å²) in [6, 6.07) is 2.11. The Balaban J connectivity index is 2.24. The zero-order valence-corrected chi connectivity index (χ0v) is 9.31. The predicted octanol–water partition coefficient (Wildman–Crippen LogP) is 0.992. The first-order valence-corrected chi connectivity index (χ1v) is 5.49. The van der Waals surface area contributed by atoms with E-state index < -0.39 is 0 Å². The van der Waals surface area contributed by atoms with Crippen LogP contribution in [0.4, 0.5) is 5.69 Å². The van der Waals surface area contributed by atoms with E-state index in [-0.39, 0.29) is 5.91 Å². The van der Waals surface area contributed by atoms with Crippen LogP contribution >= 0.6 is 0 Å². The Morgan fingerprint density at radius 3 is 3.00 bits per heavy atom. The fourth-order valence-electron chi connectivity index (χ4n) is 1.80. The lowest BCUT2D eigenvalue weighted by molar-refractivity contribution is 0.0753. The highest BCUT2D eigenvalue weighted by molar-refractivity contribution is 5.99. The first-order chi connectivity index (χ1) is 7.77. The molecule has 16 heavy (non-hydrogen) atoms. The van der Waals surface area contributed by atoms with E-state index in [0.29, 0.717) is 17.3 Å². The van der Waals surface area contributed by atoms with Crippen LogP contribution in [0.5, 0.6) is 0 Å². The van der Waals surface area contributed by atoms with Gasteiger partial charge >= 0.3 is 0 Å². The number of aromatic nitrogens is 1. The fourth-order valence-corrected chi connectivity index (χ4v) is 1.80. The lowest BCUT2D eigenvalue weighted by Gasteiger charge is -2.21. The van der Waals surface area contributed by atoms with Gasteiger partial charge in [0.05, 0.1) is 17.4 Å². The Kier molecular flexibility index (Phi) is 3.05. The lowest BCUT2D eigenvalue weighted by Crippen LogP contribution is -2.33. The number of nitrogens with two attached hydrogens (primary N) is 1. The van der Waals surface area contributed by atoms with E-state index in [2.05, 4.69) is 10.4 Å². The second kappa shape index (κ2) is 4.49. The van der Waals surface area contributed by atoms with Gasteiger partial charge in [-0.05, 0) is 25.8 Å². The molecule has 2 rings (SSSR count). The number of amides is 1. The Bertz CT molecular complexity index is 389. The molecule has 1 saturated carbocycles. The van der Waals surface area contributed by atoms with Crippen LogP contribution < -0.4 is 11.3 Å². The molecule has 1 aliphatic carbocycles. The van der Waals surface area contributed by atoms with Crippen molar-refractivity contribution in [2.45, 2.75) is 25.8 Å². The van der Waals surface area contributed by atoms with Gasteiger partial charge in [0.25, 0.3) is 5.91 Å². The minimum absolute atomic E-state index is 0.0281. The van der Waals surface area contributed by atoms with Crippen LogP contribution in [-0.4, -0.2) is 28.4 Å². The monoisotopic (exact) mass is 220 g/mol. The summed E-state index contributed by atoms with van der Waals surface area (Å²) in [4.78, 5) is 18.1. The molecule has 1 aromatic rings. The van der Waals surface area contributed by atoms with E-state index >= 15 is 0 Å². The average molecular weight is 220 g/mol. The highest BCUT2D eigenvalue weighted by Crippen LogP contribution is 2.28. The standard InChI is InChI=1S/C11H16N4O/c1-2-15(8-3-4-8)11(16)9-5-6-13-7-10(9)14-12/h5-8,14H,2-4,12H2,1H3. The van der Waals surface area contributed by atoms with Crippen LogP contribution in [0, 0.1) is 0 Å². The highest BCUT2D eigenvalue weighted by Gasteiger charge is 2.32. The van der Waals surface area contributed by atoms with Gasteiger partial charge in [-0.1, -0.05) is 0 Å². The van der Waals surface area contributed by atoms with Crippen LogP contribution in [0.3, 0.4) is 0 Å². The van der Waals surface area contributed by atoms with Crippen LogP contribution in [0.25, 0.3) is 0 Å². The van der Waals surface area contributed by atoms with Crippen molar-refractivity contribution < 1.29 is 4.79 Å². The molecule has 0 atom stereocenters. The summed E-state index contributed by atoms with van der Waals surface area (Å²) in [6.07, 6.45) is 5.38. The molecule has 86 valence electrons. The summed E-state index contributed by atoms with van der Waals surface area (Å²) in [7, 11) is 0. The molecule has 1 aromatic heterocycles. The number of anilines is 1. The summed E-state index contributed by atoms with van der Waals surface area (Å²) < 4.78 is 0. The maximum Gasteiger partial charge on any atom is 0.256 e. The first-order valence-electron chi connectivity index (χ1n) is 5.49. The average Bonchev–Trinajstić information content (AvgIpc) is 3.14. The summed E-state index contributed by atoms with van der Waals surface area (Å²) in [5.74, 6) is 5.39. The SMILES string of the molecule is CCN(C(=O)c1ccncc1NN)C1CC1. The molecule has 5 heteroatoms. The molecular formula is C11H16N4O. The fraction of sp³-hybridized carbons (Fsp3) is 0.455. The zero-order chi connectivity index (χ0) is 11.5. The molecule has 1 amide bonds. The van der Waals surface area contributed by atoms with E-state index in [0.717, 1.165) is 19.4 Å². The molecule has 0 radical (unpaired) electrons. The van der Waals surface area contributed by atoms with Gasteiger partial charge < -0.3 is 10.3 Å². The number of nitrogen functional groups attached to an aromatic ring is 1. The van der Waals surface area contributed by atoms with Crippen molar-refractivity contribution >= 4 is 11.6 Å². The number of carbonyl (C=O) groups is 1. The van der Waals surface area contributed by atoms with Gasteiger partial charge in [-0.2, -0.15) is 0 Å². The molecule has 1 fully saturated rings. The van der Waals surface area contributed by atoms with Crippen molar-refractivity contribution in [2.24, 2.45) is 5.84 Å². The number of carbonyl (C=O) groups excluding carboxylic acids is 1. The molecule has 0 unspecified atom stereocenters. The van der Waals surface area contributed by atoms with E-state index in [1.165, 1.54) is 0 Å². The largest absolute Gasteiger partial charge is 0.336 e. The maximum absolute atomic E-state index is 12.2. The van der Waals surface area contributed by atoms with E-state index in [9.17, 15) is 4.79 Å². The molecular weight excluding hydrogens is 204 g/mol. The number of hydrogen-bond acceptors (Lipinski definition) is 4. The zero-order valence-electron chi connectivity index (χ0n) is 9.31. The second-order valence-electron chi connectivity index (χ2n) is 3.89. The van der Waals surface area contributed by atoms with Crippen molar-refractivity contribution in [3.63, 3.8) is 0 Å². The van der Waals surface area contributed by atoms with Crippen molar-refractivity contribution in [3.8, 4) is 0 Å². The minimum Gasteiger partial charge on any atom is -0.336 e. The molecule has 0 aliphatic heterocycles. The van der Waals surface area contributed by atoms with E-state index in [1.54, 1.807) is 18.5 Å². The van der Waals surface area contributed by atoms with Crippen LogP contribution in [0.15, 0.2) is 18.5 Å². The smallest absolute Gasteiger partial charge is 0.256 e.